The maximum atomic E-state index is 14.6. The molecule has 3 aromatic carbocycles. The highest BCUT2D eigenvalue weighted by Crippen LogP contribution is 2.27. The number of carbonyl (C=O) groups is 1. The third-order valence-electron chi connectivity index (χ3n) is 6.76. The lowest BCUT2D eigenvalue weighted by molar-refractivity contribution is 0.0734. The average Bonchev–Trinajstić information content (AvgIpc) is 2.96. The molecule has 6 heteroatoms. The Morgan fingerprint density at radius 2 is 1.10 bits per heavy atom. The molecule has 3 aromatic rings. The van der Waals surface area contributed by atoms with Crippen LogP contribution < -0.4 is 14.2 Å². The van der Waals surface area contributed by atoms with Gasteiger partial charge in [0, 0.05) is 6.07 Å². The van der Waals surface area contributed by atoms with Crippen LogP contribution in [-0.4, -0.2) is 19.2 Å². The molecular formula is C34H42F2O4. The summed E-state index contributed by atoms with van der Waals surface area (Å²) in [7, 11) is 0. The van der Waals surface area contributed by atoms with E-state index in [1.165, 1.54) is 56.7 Å². The van der Waals surface area contributed by atoms with E-state index in [1.807, 2.05) is 0 Å². The molecular weight excluding hydrogens is 510 g/mol. The van der Waals surface area contributed by atoms with Crippen molar-refractivity contribution in [2.24, 2.45) is 0 Å². The van der Waals surface area contributed by atoms with Gasteiger partial charge in [0.2, 0.25) is 0 Å². The standard InChI is InChI=1S/C34H42F2O4/c1-3-5-7-9-11-13-23-38-32-20-18-28(24-30(32)35)26-14-16-27(17-15-26)34(37)40-29-19-21-33(31(36)25-29)39-22-12-10-8-6-4-2/h14-21,24-25H,3-13,22-23H2,1-2H3. The summed E-state index contributed by atoms with van der Waals surface area (Å²) in [5, 5.41) is 0. The third kappa shape index (κ3) is 10.3. The highest BCUT2D eigenvalue weighted by Gasteiger charge is 2.13. The Morgan fingerprint density at radius 3 is 1.65 bits per heavy atom. The highest BCUT2D eigenvalue weighted by molar-refractivity contribution is 5.91. The molecule has 0 unspecified atom stereocenters. The minimum atomic E-state index is -0.611. The predicted molar refractivity (Wildman–Crippen MR) is 156 cm³/mol. The molecule has 0 saturated heterocycles. The van der Waals surface area contributed by atoms with E-state index in [9.17, 15) is 13.6 Å². The van der Waals surface area contributed by atoms with Crippen molar-refractivity contribution in [2.75, 3.05) is 13.2 Å². The first-order valence-electron chi connectivity index (χ1n) is 14.7. The fourth-order valence-electron chi connectivity index (χ4n) is 4.38. The zero-order chi connectivity index (χ0) is 28.6. The second kappa shape index (κ2) is 17.3. The Labute approximate surface area is 237 Å². The number of unbranched alkanes of at least 4 members (excludes halogenated alkanes) is 9. The summed E-state index contributed by atoms with van der Waals surface area (Å²) in [6.45, 7) is 5.29. The van der Waals surface area contributed by atoms with Crippen molar-refractivity contribution >= 4 is 5.97 Å². The number of benzene rings is 3. The van der Waals surface area contributed by atoms with Crippen molar-refractivity contribution in [1.82, 2.24) is 0 Å². The van der Waals surface area contributed by atoms with Crippen LogP contribution in [0.5, 0.6) is 17.2 Å². The van der Waals surface area contributed by atoms with Gasteiger partial charge >= 0.3 is 5.97 Å². The minimum Gasteiger partial charge on any atom is -0.491 e. The lowest BCUT2D eigenvalue weighted by atomic mass is 10.0. The van der Waals surface area contributed by atoms with Gasteiger partial charge in [0.25, 0.3) is 0 Å². The summed E-state index contributed by atoms with van der Waals surface area (Å²) >= 11 is 0. The van der Waals surface area contributed by atoms with Crippen LogP contribution in [0.2, 0.25) is 0 Å². The largest absolute Gasteiger partial charge is 0.491 e. The average molecular weight is 553 g/mol. The van der Waals surface area contributed by atoms with Gasteiger partial charge in [-0.1, -0.05) is 89.8 Å². The minimum absolute atomic E-state index is 0.0977. The molecule has 0 N–H and O–H groups in total. The Hall–Kier alpha value is -3.41. The molecule has 216 valence electrons. The van der Waals surface area contributed by atoms with Crippen molar-refractivity contribution in [3.8, 4) is 28.4 Å². The van der Waals surface area contributed by atoms with E-state index in [0.29, 0.717) is 24.3 Å². The SMILES string of the molecule is CCCCCCCCOc1ccc(-c2ccc(C(=O)Oc3ccc(OCCCCCCC)c(F)c3)cc2)cc1F. The maximum absolute atomic E-state index is 14.6. The molecule has 0 aliphatic rings. The van der Waals surface area contributed by atoms with Gasteiger partial charge in [-0.05, 0) is 60.4 Å². The molecule has 0 atom stereocenters. The van der Waals surface area contributed by atoms with Crippen molar-refractivity contribution in [3.05, 3.63) is 77.9 Å². The molecule has 0 aliphatic heterocycles. The molecule has 0 aliphatic carbocycles. The summed E-state index contributed by atoms with van der Waals surface area (Å²) in [6.07, 6.45) is 12.3. The van der Waals surface area contributed by atoms with Gasteiger partial charge in [-0.25, -0.2) is 13.6 Å². The van der Waals surface area contributed by atoms with Gasteiger partial charge in [-0.3, -0.25) is 0 Å². The fraction of sp³-hybridized carbons (Fsp3) is 0.441. The lowest BCUT2D eigenvalue weighted by Gasteiger charge is -2.10. The number of rotatable bonds is 18. The number of carbonyl (C=O) groups excluding carboxylic acids is 1. The Kier molecular flexibility index (Phi) is 13.5. The second-order valence-corrected chi connectivity index (χ2v) is 10.1. The number of ether oxygens (including phenoxy) is 3. The molecule has 40 heavy (non-hydrogen) atoms. The van der Waals surface area contributed by atoms with E-state index in [1.54, 1.807) is 36.4 Å². The topological polar surface area (TPSA) is 44.8 Å². The molecule has 0 saturated carbocycles. The Balaban J connectivity index is 1.49. The number of esters is 1. The first-order chi connectivity index (χ1) is 19.5. The van der Waals surface area contributed by atoms with Crippen molar-refractivity contribution in [3.63, 3.8) is 0 Å². The quantitative estimate of drug-likeness (QED) is 0.0895. The van der Waals surface area contributed by atoms with Crippen LogP contribution >= 0.6 is 0 Å². The zero-order valence-electron chi connectivity index (χ0n) is 23.9. The monoisotopic (exact) mass is 552 g/mol. The lowest BCUT2D eigenvalue weighted by Crippen LogP contribution is -2.08. The van der Waals surface area contributed by atoms with Crippen LogP contribution in [0.15, 0.2) is 60.7 Å². The number of halogens is 2. The summed E-state index contributed by atoms with van der Waals surface area (Å²) in [5.74, 6) is -1.12. The summed E-state index contributed by atoms with van der Waals surface area (Å²) in [4.78, 5) is 12.6. The smallest absolute Gasteiger partial charge is 0.343 e. The van der Waals surface area contributed by atoms with Gasteiger partial charge in [-0.15, -0.1) is 0 Å². The second-order valence-electron chi connectivity index (χ2n) is 10.1. The van der Waals surface area contributed by atoms with Crippen LogP contribution in [0.25, 0.3) is 11.1 Å². The van der Waals surface area contributed by atoms with Gasteiger partial charge in [0.05, 0.1) is 18.8 Å². The molecule has 0 heterocycles. The van der Waals surface area contributed by atoms with Gasteiger partial charge in [0.15, 0.2) is 23.1 Å². The van der Waals surface area contributed by atoms with Crippen LogP contribution in [0.1, 0.15) is 94.8 Å². The van der Waals surface area contributed by atoms with Crippen LogP contribution in [0.4, 0.5) is 8.78 Å². The van der Waals surface area contributed by atoms with E-state index in [-0.39, 0.29) is 17.2 Å². The first-order valence-corrected chi connectivity index (χ1v) is 14.7. The molecule has 3 rings (SSSR count). The van der Waals surface area contributed by atoms with Crippen molar-refractivity contribution in [1.29, 1.82) is 0 Å². The molecule has 0 fully saturated rings. The van der Waals surface area contributed by atoms with Crippen LogP contribution in [-0.2, 0) is 0 Å². The van der Waals surface area contributed by atoms with E-state index < -0.39 is 17.6 Å². The highest BCUT2D eigenvalue weighted by atomic mass is 19.1. The summed E-state index contributed by atoms with van der Waals surface area (Å²) in [6, 6.07) is 15.7. The third-order valence-corrected chi connectivity index (χ3v) is 6.76. The van der Waals surface area contributed by atoms with E-state index in [2.05, 4.69) is 13.8 Å². The van der Waals surface area contributed by atoms with Crippen molar-refractivity contribution < 1.29 is 27.8 Å². The van der Waals surface area contributed by atoms with Crippen LogP contribution in [0.3, 0.4) is 0 Å². The van der Waals surface area contributed by atoms with Gasteiger partial charge < -0.3 is 14.2 Å². The molecule has 0 radical (unpaired) electrons. The normalized spacial score (nSPS) is 10.9. The van der Waals surface area contributed by atoms with E-state index >= 15 is 0 Å². The van der Waals surface area contributed by atoms with E-state index in [4.69, 9.17) is 14.2 Å². The van der Waals surface area contributed by atoms with Crippen molar-refractivity contribution in [2.45, 2.75) is 84.5 Å². The molecule has 0 bridgehead atoms. The zero-order valence-corrected chi connectivity index (χ0v) is 23.9. The first kappa shape index (κ1) is 31.1. The molecule has 0 amide bonds. The molecule has 4 nitrogen and oxygen atoms in total. The van der Waals surface area contributed by atoms with Gasteiger partial charge in [0.1, 0.15) is 5.75 Å². The molecule has 0 spiro atoms. The maximum Gasteiger partial charge on any atom is 0.343 e. The summed E-state index contributed by atoms with van der Waals surface area (Å²) < 4.78 is 45.5. The fourth-order valence-corrected chi connectivity index (χ4v) is 4.38. The Bertz CT molecular complexity index is 1180. The van der Waals surface area contributed by atoms with Gasteiger partial charge in [-0.2, -0.15) is 0 Å². The molecule has 0 aromatic heterocycles. The number of hydrogen-bond donors (Lipinski definition) is 0. The Morgan fingerprint density at radius 1 is 0.600 bits per heavy atom. The predicted octanol–water partition coefficient (Wildman–Crippen LogP) is 9.94. The number of hydrogen-bond acceptors (Lipinski definition) is 4. The summed E-state index contributed by atoms with van der Waals surface area (Å²) in [5.41, 5.74) is 1.73. The van der Waals surface area contributed by atoms with E-state index in [0.717, 1.165) is 43.7 Å². The van der Waals surface area contributed by atoms with Crippen LogP contribution in [0, 0.1) is 11.6 Å².